The lowest BCUT2D eigenvalue weighted by molar-refractivity contribution is -0.122. The van der Waals surface area contributed by atoms with Crippen LogP contribution in [0.4, 0.5) is 5.69 Å². The average molecular weight is 293 g/mol. The van der Waals surface area contributed by atoms with Gasteiger partial charge in [0.1, 0.15) is 6.61 Å². The maximum absolute atomic E-state index is 12.3. The number of hydrogen-bond acceptors (Lipinski definition) is 5. The van der Waals surface area contributed by atoms with Crippen molar-refractivity contribution in [2.24, 2.45) is 0 Å². The molecule has 0 radical (unpaired) electrons. The molecule has 1 aliphatic rings. The fourth-order valence-electron chi connectivity index (χ4n) is 2.29. The Morgan fingerprint density at radius 2 is 2.29 bits per heavy atom. The summed E-state index contributed by atoms with van der Waals surface area (Å²) >= 11 is 0. The lowest BCUT2D eigenvalue weighted by Crippen LogP contribution is -2.54. The lowest BCUT2D eigenvalue weighted by atomic mass is 9.90. The third-order valence-electron chi connectivity index (χ3n) is 3.65. The number of methoxy groups -OCH3 is 1. The van der Waals surface area contributed by atoms with Crippen LogP contribution in [0.2, 0.25) is 0 Å². The first-order valence-corrected chi connectivity index (χ1v) is 7.28. The van der Waals surface area contributed by atoms with Gasteiger partial charge in [-0.1, -0.05) is 0 Å². The van der Waals surface area contributed by atoms with E-state index in [1.54, 1.807) is 25.4 Å². The number of nitrogens with one attached hydrogen (secondary N) is 2. The first kappa shape index (κ1) is 15.7. The molecule has 0 spiro atoms. The van der Waals surface area contributed by atoms with E-state index in [2.05, 4.69) is 15.6 Å². The van der Waals surface area contributed by atoms with Gasteiger partial charge in [0, 0.05) is 13.2 Å². The molecule has 6 nitrogen and oxygen atoms in total. The molecule has 0 saturated carbocycles. The molecule has 1 fully saturated rings. The Morgan fingerprint density at radius 1 is 1.43 bits per heavy atom. The Bertz CT molecular complexity index is 456. The molecule has 2 N–H and O–H groups in total. The van der Waals surface area contributed by atoms with Gasteiger partial charge >= 0.3 is 0 Å². The molecule has 2 rings (SSSR count). The maximum atomic E-state index is 12.3. The van der Waals surface area contributed by atoms with Crippen LogP contribution in [0.25, 0.3) is 0 Å². The summed E-state index contributed by atoms with van der Waals surface area (Å²) in [6.07, 6.45) is 4.65. The van der Waals surface area contributed by atoms with E-state index < -0.39 is 5.54 Å². The van der Waals surface area contributed by atoms with Crippen molar-refractivity contribution in [3.05, 3.63) is 18.3 Å². The minimum atomic E-state index is -0.494. The zero-order valence-electron chi connectivity index (χ0n) is 12.6. The number of piperidine rings is 1. The van der Waals surface area contributed by atoms with Crippen molar-refractivity contribution >= 4 is 11.6 Å². The van der Waals surface area contributed by atoms with E-state index in [0.717, 1.165) is 25.8 Å². The zero-order valence-corrected chi connectivity index (χ0v) is 12.6. The molecule has 6 heteroatoms. The molecule has 1 aliphatic heterocycles. The van der Waals surface area contributed by atoms with E-state index in [9.17, 15) is 4.79 Å². The van der Waals surface area contributed by atoms with Crippen molar-refractivity contribution in [2.45, 2.75) is 31.7 Å². The minimum Gasteiger partial charge on any atom is -0.475 e. The first-order chi connectivity index (χ1) is 10.1. The second kappa shape index (κ2) is 7.38. The van der Waals surface area contributed by atoms with E-state index in [1.165, 1.54) is 0 Å². The van der Waals surface area contributed by atoms with Crippen LogP contribution in [0, 0.1) is 0 Å². The highest BCUT2D eigenvalue weighted by molar-refractivity contribution is 5.97. The molecule has 1 saturated heterocycles. The van der Waals surface area contributed by atoms with Gasteiger partial charge < -0.3 is 20.1 Å². The van der Waals surface area contributed by atoms with Crippen molar-refractivity contribution in [1.82, 2.24) is 10.3 Å². The van der Waals surface area contributed by atoms with Crippen LogP contribution in [0.3, 0.4) is 0 Å². The molecule has 0 aromatic carbocycles. The number of ether oxygens (including phenoxy) is 2. The number of aromatic nitrogens is 1. The summed E-state index contributed by atoms with van der Waals surface area (Å²) in [5.41, 5.74) is 0.180. The second-order valence-corrected chi connectivity index (χ2v) is 5.40. The summed E-state index contributed by atoms with van der Waals surface area (Å²) in [7, 11) is 1.62. The van der Waals surface area contributed by atoms with Gasteiger partial charge in [-0.15, -0.1) is 0 Å². The van der Waals surface area contributed by atoms with Gasteiger partial charge in [-0.2, -0.15) is 0 Å². The number of anilines is 1. The lowest BCUT2D eigenvalue weighted by Gasteiger charge is -2.33. The van der Waals surface area contributed by atoms with Crippen molar-refractivity contribution in [2.75, 3.05) is 32.2 Å². The maximum Gasteiger partial charge on any atom is 0.244 e. The van der Waals surface area contributed by atoms with Gasteiger partial charge in [0.2, 0.25) is 11.8 Å². The Morgan fingerprint density at radius 3 is 2.90 bits per heavy atom. The van der Waals surface area contributed by atoms with Gasteiger partial charge in [-0.25, -0.2) is 4.98 Å². The predicted molar refractivity (Wildman–Crippen MR) is 80.5 cm³/mol. The average Bonchev–Trinajstić information content (AvgIpc) is 2.50. The number of pyridine rings is 1. The Balaban J connectivity index is 1.89. The highest BCUT2D eigenvalue weighted by Crippen LogP contribution is 2.21. The molecule has 1 aromatic rings. The zero-order chi connectivity index (χ0) is 15.1. The number of amides is 1. The number of carbonyl (C=O) groups is 1. The molecule has 1 atom stereocenters. The molecule has 1 aromatic heterocycles. The van der Waals surface area contributed by atoms with E-state index in [0.29, 0.717) is 24.8 Å². The van der Waals surface area contributed by atoms with Crippen LogP contribution in [0.1, 0.15) is 26.2 Å². The largest absolute Gasteiger partial charge is 0.475 e. The smallest absolute Gasteiger partial charge is 0.244 e. The van der Waals surface area contributed by atoms with Crippen molar-refractivity contribution in [3.63, 3.8) is 0 Å². The molecular formula is C15H23N3O3. The predicted octanol–water partition coefficient (Wildman–Crippen LogP) is 1.58. The van der Waals surface area contributed by atoms with Crippen LogP contribution >= 0.6 is 0 Å². The summed E-state index contributed by atoms with van der Waals surface area (Å²) in [6.45, 7) is 3.80. The number of carbonyl (C=O) groups excluding carboxylic acids is 1. The van der Waals surface area contributed by atoms with Gasteiger partial charge in [0.15, 0.2) is 0 Å². The topological polar surface area (TPSA) is 72.5 Å². The summed E-state index contributed by atoms with van der Waals surface area (Å²) in [5.74, 6) is 0.504. The third kappa shape index (κ3) is 4.41. The van der Waals surface area contributed by atoms with E-state index in [1.807, 2.05) is 6.92 Å². The highest BCUT2D eigenvalue weighted by Gasteiger charge is 2.34. The summed E-state index contributed by atoms with van der Waals surface area (Å²) < 4.78 is 10.3. The molecule has 1 unspecified atom stereocenters. The number of nitrogens with zero attached hydrogens (tertiary/aromatic N) is 1. The van der Waals surface area contributed by atoms with Crippen molar-refractivity contribution < 1.29 is 14.3 Å². The fourth-order valence-corrected chi connectivity index (χ4v) is 2.29. The Hall–Kier alpha value is -1.66. The fraction of sp³-hybridized carbons (Fsp3) is 0.600. The summed E-state index contributed by atoms with van der Waals surface area (Å²) in [5, 5.41) is 6.19. The van der Waals surface area contributed by atoms with Crippen LogP contribution in [-0.4, -0.2) is 43.3 Å². The van der Waals surface area contributed by atoms with E-state index in [-0.39, 0.29) is 5.91 Å². The van der Waals surface area contributed by atoms with E-state index in [4.69, 9.17) is 9.47 Å². The molecular weight excluding hydrogens is 270 g/mol. The standard InChI is InChI=1S/C15H23N3O3/c1-15(7-3-4-8-17-15)14(19)18-12-5-6-13(16-11-12)21-10-9-20-2/h5-6,11,17H,3-4,7-10H2,1-2H3,(H,18,19). The first-order valence-electron chi connectivity index (χ1n) is 7.28. The normalized spacial score (nSPS) is 21.8. The van der Waals surface area contributed by atoms with Gasteiger partial charge in [0.05, 0.1) is 24.0 Å². The monoisotopic (exact) mass is 293 g/mol. The molecule has 1 amide bonds. The van der Waals surface area contributed by atoms with Crippen LogP contribution in [0.5, 0.6) is 5.88 Å². The van der Waals surface area contributed by atoms with Crippen molar-refractivity contribution in [1.29, 1.82) is 0 Å². The minimum absolute atomic E-state index is 0.0166. The Kier molecular flexibility index (Phi) is 5.52. The molecule has 21 heavy (non-hydrogen) atoms. The quantitative estimate of drug-likeness (QED) is 0.779. The number of hydrogen-bond donors (Lipinski definition) is 2. The van der Waals surface area contributed by atoms with E-state index >= 15 is 0 Å². The number of rotatable bonds is 6. The Labute approximate surface area is 125 Å². The molecule has 0 bridgehead atoms. The highest BCUT2D eigenvalue weighted by atomic mass is 16.5. The SMILES string of the molecule is COCCOc1ccc(NC(=O)C2(C)CCCCN2)cn1. The van der Waals surface area contributed by atoms with Crippen LogP contribution < -0.4 is 15.4 Å². The molecule has 0 aliphatic carbocycles. The molecule has 2 heterocycles. The van der Waals surface area contributed by atoms with Crippen LogP contribution in [0.15, 0.2) is 18.3 Å². The van der Waals surface area contributed by atoms with Crippen molar-refractivity contribution in [3.8, 4) is 5.88 Å². The summed E-state index contributed by atoms with van der Waals surface area (Å²) in [4.78, 5) is 16.5. The van der Waals surface area contributed by atoms with Crippen LogP contribution in [-0.2, 0) is 9.53 Å². The molecule has 116 valence electrons. The van der Waals surface area contributed by atoms with Gasteiger partial charge in [-0.3, -0.25) is 4.79 Å². The van der Waals surface area contributed by atoms with Gasteiger partial charge in [-0.05, 0) is 38.8 Å². The third-order valence-corrected chi connectivity index (χ3v) is 3.65. The summed E-state index contributed by atoms with van der Waals surface area (Å²) in [6, 6.07) is 3.53. The van der Waals surface area contributed by atoms with Gasteiger partial charge in [0.25, 0.3) is 0 Å². The second-order valence-electron chi connectivity index (χ2n) is 5.40.